The number of anilines is 1. The van der Waals surface area contributed by atoms with Crippen molar-refractivity contribution in [2.24, 2.45) is 0 Å². The summed E-state index contributed by atoms with van der Waals surface area (Å²) in [5.74, 6) is -2.21. The van der Waals surface area contributed by atoms with Gasteiger partial charge in [0, 0.05) is 10.6 Å². The average molecular weight is 403 g/mol. The second kappa shape index (κ2) is 7.82. The van der Waals surface area contributed by atoms with Crippen LogP contribution >= 0.6 is 11.6 Å². The van der Waals surface area contributed by atoms with Crippen LogP contribution in [0.5, 0.6) is 5.75 Å². The number of benzene rings is 2. The molecule has 1 aliphatic rings. The number of imide groups is 2. The number of barbiturate groups is 1. The van der Waals surface area contributed by atoms with Gasteiger partial charge in [-0.2, -0.15) is 0 Å². The van der Waals surface area contributed by atoms with Crippen LogP contribution in [0.25, 0.3) is 6.08 Å². The molecule has 1 heterocycles. The van der Waals surface area contributed by atoms with Crippen molar-refractivity contribution >= 4 is 41.2 Å². The fraction of sp³-hybridized carbons (Fsp3) is 0.150. The molecule has 0 saturated carbocycles. The van der Waals surface area contributed by atoms with Gasteiger partial charge in [-0.25, -0.2) is 14.1 Å². The molecule has 144 valence electrons. The standard InChI is InChI=1S/C20H16ClFN2O4/c1-11(2)28-17-8-7-13(21)9-12(17)10-14-18(25)23-20(27)24(19(14)26)16-6-4-3-5-15(16)22/h3-11H,1-2H3,(H,23,25,27)/b14-10-. The second-order valence-electron chi connectivity index (χ2n) is 6.26. The Balaban J connectivity index is 2.08. The van der Waals surface area contributed by atoms with Crippen molar-refractivity contribution in [3.8, 4) is 5.75 Å². The number of ether oxygens (including phenoxy) is 1. The minimum Gasteiger partial charge on any atom is -0.490 e. The van der Waals surface area contributed by atoms with Crippen LogP contribution in [0.4, 0.5) is 14.9 Å². The molecule has 1 aliphatic heterocycles. The lowest BCUT2D eigenvalue weighted by Gasteiger charge is -2.26. The predicted molar refractivity (Wildman–Crippen MR) is 103 cm³/mol. The summed E-state index contributed by atoms with van der Waals surface area (Å²) in [7, 11) is 0. The molecule has 4 amide bonds. The average Bonchev–Trinajstić information content (AvgIpc) is 2.62. The zero-order valence-electron chi connectivity index (χ0n) is 15.0. The largest absolute Gasteiger partial charge is 0.490 e. The Morgan fingerprint density at radius 1 is 1.14 bits per heavy atom. The lowest BCUT2D eigenvalue weighted by molar-refractivity contribution is -0.122. The van der Waals surface area contributed by atoms with Crippen LogP contribution in [-0.4, -0.2) is 23.9 Å². The van der Waals surface area contributed by atoms with Gasteiger partial charge in [0.1, 0.15) is 17.1 Å². The molecule has 1 fully saturated rings. The quantitative estimate of drug-likeness (QED) is 0.621. The molecule has 1 saturated heterocycles. The smallest absolute Gasteiger partial charge is 0.336 e. The number of hydrogen-bond donors (Lipinski definition) is 1. The van der Waals surface area contributed by atoms with Gasteiger partial charge in [0.05, 0.1) is 11.8 Å². The lowest BCUT2D eigenvalue weighted by atomic mass is 10.1. The fourth-order valence-electron chi connectivity index (χ4n) is 2.66. The van der Waals surface area contributed by atoms with Crippen LogP contribution in [0.15, 0.2) is 48.0 Å². The highest BCUT2D eigenvalue weighted by molar-refractivity contribution is 6.39. The van der Waals surface area contributed by atoms with E-state index in [1.54, 1.807) is 12.1 Å². The van der Waals surface area contributed by atoms with Gasteiger partial charge in [0.2, 0.25) is 0 Å². The van der Waals surface area contributed by atoms with Gasteiger partial charge in [-0.1, -0.05) is 23.7 Å². The molecule has 3 rings (SSSR count). The van der Waals surface area contributed by atoms with Gasteiger partial charge < -0.3 is 4.74 Å². The molecule has 8 heteroatoms. The predicted octanol–water partition coefficient (Wildman–Crippen LogP) is 3.93. The van der Waals surface area contributed by atoms with Crippen LogP contribution in [0.1, 0.15) is 19.4 Å². The normalized spacial score (nSPS) is 16.0. The van der Waals surface area contributed by atoms with Crippen molar-refractivity contribution < 1.29 is 23.5 Å². The summed E-state index contributed by atoms with van der Waals surface area (Å²) < 4.78 is 19.8. The first-order chi connectivity index (χ1) is 13.3. The second-order valence-corrected chi connectivity index (χ2v) is 6.69. The molecule has 0 spiro atoms. The van der Waals surface area contributed by atoms with Gasteiger partial charge in [-0.3, -0.25) is 14.9 Å². The van der Waals surface area contributed by atoms with Crippen LogP contribution in [-0.2, 0) is 9.59 Å². The SMILES string of the molecule is CC(C)Oc1ccc(Cl)cc1/C=C1/C(=O)NC(=O)N(c2ccccc2F)C1=O. The number of para-hydroxylation sites is 1. The number of carbonyl (C=O) groups excluding carboxylic acids is 3. The molecule has 2 aromatic rings. The zero-order chi connectivity index (χ0) is 20.4. The Hall–Kier alpha value is -3.19. The molecule has 0 radical (unpaired) electrons. The summed E-state index contributed by atoms with van der Waals surface area (Å²) in [6.45, 7) is 3.64. The highest BCUT2D eigenvalue weighted by Crippen LogP contribution is 2.29. The first-order valence-electron chi connectivity index (χ1n) is 8.40. The molecule has 0 bridgehead atoms. The highest BCUT2D eigenvalue weighted by Gasteiger charge is 2.38. The molecule has 2 aromatic carbocycles. The van der Waals surface area contributed by atoms with Gasteiger partial charge in [-0.05, 0) is 50.3 Å². The van der Waals surface area contributed by atoms with Crippen molar-refractivity contribution in [1.29, 1.82) is 0 Å². The molecular weight excluding hydrogens is 387 g/mol. The number of nitrogens with one attached hydrogen (secondary N) is 1. The van der Waals surface area contributed by atoms with Gasteiger partial charge >= 0.3 is 6.03 Å². The molecular formula is C20H16ClFN2O4. The monoisotopic (exact) mass is 402 g/mol. The van der Waals surface area contributed by atoms with Crippen molar-refractivity contribution in [3.05, 3.63) is 64.4 Å². The number of hydrogen-bond acceptors (Lipinski definition) is 4. The van der Waals surface area contributed by atoms with E-state index in [0.29, 0.717) is 21.2 Å². The molecule has 1 N–H and O–H groups in total. The van der Waals surface area contributed by atoms with E-state index in [1.807, 2.05) is 19.2 Å². The van der Waals surface area contributed by atoms with Gasteiger partial charge in [-0.15, -0.1) is 0 Å². The summed E-state index contributed by atoms with van der Waals surface area (Å²) >= 11 is 6.03. The molecule has 6 nitrogen and oxygen atoms in total. The summed E-state index contributed by atoms with van der Waals surface area (Å²) in [6.07, 6.45) is 1.10. The van der Waals surface area contributed by atoms with Crippen LogP contribution < -0.4 is 15.0 Å². The maximum absolute atomic E-state index is 14.1. The van der Waals surface area contributed by atoms with Crippen LogP contribution in [0.3, 0.4) is 0 Å². The molecule has 0 aromatic heterocycles. The summed E-state index contributed by atoms with van der Waals surface area (Å²) in [5.41, 5.74) is -0.227. The maximum atomic E-state index is 14.1. The first-order valence-corrected chi connectivity index (χ1v) is 8.78. The van der Waals surface area contributed by atoms with E-state index in [9.17, 15) is 18.8 Å². The Morgan fingerprint density at radius 3 is 2.54 bits per heavy atom. The zero-order valence-corrected chi connectivity index (χ0v) is 15.8. The van der Waals surface area contributed by atoms with Crippen molar-refractivity contribution in [3.63, 3.8) is 0 Å². The highest BCUT2D eigenvalue weighted by atomic mass is 35.5. The number of amides is 4. The van der Waals surface area contributed by atoms with E-state index in [0.717, 1.165) is 6.07 Å². The van der Waals surface area contributed by atoms with Gasteiger partial charge in [0.25, 0.3) is 11.8 Å². The number of halogens is 2. The third kappa shape index (κ3) is 3.89. The van der Waals surface area contributed by atoms with E-state index in [-0.39, 0.29) is 17.4 Å². The molecule has 0 atom stereocenters. The number of nitrogens with zero attached hydrogens (tertiary/aromatic N) is 1. The lowest BCUT2D eigenvalue weighted by Crippen LogP contribution is -2.54. The first kappa shape index (κ1) is 19.6. The number of carbonyl (C=O) groups is 3. The third-order valence-corrected chi connectivity index (χ3v) is 4.06. The summed E-state index contributed by atoms with van der Waals surface area (Å²) in [4.78, 5) is 37.9. The summed E-state index contributed by atoms with van der Waals surface area (Å²) in [5, 5.41) is 2.42. The van der Waals surface area contributed by atoms with Gasteiger partial charge in [0.15, 0.2) is 0 Å². The van der Waals surface area contributed by atoms with Crippen molar-refractivity contribution in [2.75, 3.05) is 4.90 Å². The Morgan fingerprint density at radius 2 is 1.86 bits per heavy atom. The van der Waals surface area contributed by atoms with E-state index >= 15 is 0 Å². The Bertz CT molecular complexity index is 1000. The fourth-order valence-corrected chi connectivity index (χ4v) is 2.84. The van der Waals surface area contributed by atoms with Crippen molar-refractivity contribution in [2.45, 2.75) is 20.0 Å². The minimum atomic E-state index is -1.03. The van der Waals surface area contributed by atoms with E-state index < -0.39 is 23.7 Å². The van der Waals surface area contributed by atoms with Crippen LogP contribution in [0, 0.1) is 5.82 Å². The minimum absolute atomic E-state index is 0.161. The Labute approximate surface area is 165 Å². The number of urea groups is 1. The van der Waals surface area contributed by atoms with E-state index in [4.69, 9.17) is 16.3 Å². The molecule has 0 aliphatic carbocycles. The van der Waals surface area contributed by atoms with Crippen LogP contribution in [0.2, 0.25) is 5.02 Å². The number of rotatable bonds is 4. The molecule has 28 heavy (non-hydrogen) atoms. The Kier molecular flexibility index (Phi) is 5.46. The van der Waals surface area contributed by atoms with E-state index in [1.165, 1.54) is 30.3 Å². The third-order valence-electron chi connectivity index (χ3n) is 3.83. The van der Waals surface area contributed by atoms with Crippen molar-refractivity contribution in [1.82, 2.24) is 5.32 Å². The summed E-state index contributed by atoms with van der Waals surface area (Å²) in [6, 6.07) is 9.00. The topological polar surface area (TPSA) is 75.7 Å². The van der Waals surface area contributed by atoms with E-state index in [2.05, 4.69) is 0 Å². The maximum Gasteiger partial charge on any atom is 0.336 e. The molecule has 0 unspecified atom stereocenters.